The van der Waals surface area contributed by atoms with Crippen LogP contribution in [0.15, 0.2) is 78.4 Å². The Morgan fingerprint density at radius 3 is 2.28 bits per heavy atom. The van der Waals surface area contributed by atoms with Crippen molar-refractivity contribution < 1.29 is 19.4 Å². The molecule has 0 heterocycles. The van der Waals surface area contributed by atoms with Crippen LogP contribution in [0.1, 0.15) is 21.5 Å². The highest BCUT2D eigenvalue weighted by atomic mass is 16.6. The van der Waals surface area contributed by atoms with E-state index >= 15 is 0 Å². The second-order valence-corrected chi connectivity index (χ2v) is 6.56. The van der Waals surface area contributed by atoms with Crippen LogP contribution in [0, 0.1) is 31.6 Å². The van der Waals surface area contributed by atoms with Gasteiger partial charge < -0.3 is 4.74 Å². The Balaban J connectivity index is 1.83. The van der Waals surface area contributed by atoms with Gasteiger partial charge in [-0.05, 0) is 29.8 Å². The van der Waals surface area contributed by atoms with E-state index in [2.05, 4.69) is 0 Å². The SMILES string of the molecule is N#C/C(=C\c1ccccc1OCc1ccc([N+](=O)[O-])cc1)C(=O)c1cccc([N+](=O)[O-])c1. The molecule has 9 nitrogen and oxygen atoms in total. The van der Waals surface area contributed by atoms with Crippen molar-refractivity contribution in [2.75, 3.05) is 0 Å². The third kappa shape index (κ3) is 5.20. The first-order valence-corrected chi connectivity index (χ1v) is 9.25. The summed E-state index contributed by atoms with van der Waals surface area (Å²) in [6.45, 7) is 0.115. The van der Waals surface area contributed by atoms with Crippen LogP contribution in [-0.2, 0) is 6.61 Å². The Kier molecular flexibility index (Phi) is 6.68. The molecule has 0 saturated carbocycles. The van der Waals surface area contributed by atoms with E-state index in [4.69, 9.17) is 4.74 Å². The van der Waals surface area contributed by atoms with Gasteiger partial charge in [0.25, 0.3) is 11.4 Å². The predicted molar refractivity (Wildman–Crippen MR) is 115 cm³/mol. The first kappa shape index (κ1) is 21.9. The van der Waals surface area contributed by atoms with Gasteiger partial charge in [0.05, 0.1) is 9.85 Å². The average molecular weight is 429 g/mol. The second kappa shape index (κ2) is 9.77. The number of nitriles is 1. The number of para-hydroxylation sites is 1. The number of nitro benzene ring substituents is 2. The van der Waals surface area contributed by atoms with Crippen molar-refractivity contribution in [3.8, 4) is 11.8 Å². The average Bonchev–Trinajstić information content (AvgIpc) is 2.81. The van der Waals surface area contributed by atoms with Gasteiger partial charge in [-0.2, -0.15) is 5.26 Å². The van der Waals surface area contributed by atoms with Crippen LogP contribution in [0.4, 0.5) is 11.4 Å². The van der Waals surface area contributed by atoms with Gasteiger partial charge in [-0.25, -0.2) is 0 Å². The fourth-order valence-electron chi connectivity index (χ4n) is 2.83. The molecular formula is C23H15N3O6. The van der Waals surface area contributed by atoms with Crippen molar-refractivity contribution in [2.45, 2.75) is 6.61 Å². The van der Waals surface area contributed by atoms with Crippen molar-refractivity contribution >= 4 is 23.2 Å². The van der Waals surface area contributed by atoms with E-state index in [1.54, 1.807) is 36.4 Å². The summed E-state index contributed by atoms with van der Waals surface area (Å²) in [5, 5.41) is 31.2. The molecule has 158 valence electrons. The van der Waals surface area contributed by atoms with Crippen molar-refractivity contribution in [1.29, 1.82) is 5.26 Å². The number of allylic oxidation sites excluding steroid dienone is 1. The minimum absolute atomic E-state index is 0.0243. The molecular weight excluding hydrogens is 414 g/mol. The molecule has 0 aliphatic rings. The number of carbonyl (C=O) groups excluding carboxylic acids is 1. The molecule has 3 rings (SSSR count). The molecule has 3 aromatic rings. The lowest BCUT2D eigenvalue weighted by Crippen LogP contribution is -2.03. The summed E-state index contributed by atoms with van der Waals surface area (Å²) < 4.78 is 5.78. The number of hydrogen-bond acceptors (Lipinski definition) is 7. The van der Waals surface area contributed by atoms with Gasteiger partial charge in [-0.3, -0.25) is 25.0 Å². The third-order valence-electron chi connectivity index (χ3n) is 4.44. The lowest BCUT2D eigenvalue weighted by atomic mass is 10.0. The first-order valence-electron chi connectivity index (χ1n) is 9.25. The maximum absolute atomic E-state index is 12.7. The maximum Gasteiger partial charge on any atom is 0.270 e. The molecule has 0 aromatic heterocycles. The second-order valence-electron chi connectivity index (χ2n) is 6.56. The van der Waals surface area contributed by atoms with E-state index in [-0.39, 0.29) is 29.1 Å². The van der Waals surface area contributed by atoms with Gasteiger partial charge in [-0.15, -0.1) is 0 Å². The van der Waals surface area contributed by atoms with Gasteiger partial charge in [0.1, 0.15) is 24.0 Å². The number of ketones is 1. The van der Waals surface area contributed by atoms with E-state index < -0.39 is 15.6 Å². The number of benzene rings is 3. The summed E-state index contributed by atoms with van der Waals surface area (Å²) in [6.07, 6.45) is 1.35. The summed E-state index contributed by atoms with van der Waals surface area (Å²) in [7, 11) is 0. The van der Waals surface area contributed by atoms with Crippen LogP contribution in [0.2, 0.25) is 0 Å². The Hall–Kier alpha value is -4.84. The van der Waals surface area contributed by atoms with Crippen LogP contribution < -0.4 is 4.74 Å². The van der Waals surface area contributed by atoms with Gasteiger partial charge in [0.2, 0.25) is 5.78 Å². The molecule has 0 bridgehead atoms. The maximum atomic E-state index is 12.7. The summed E-state index contributed by atoms with van der Waals surface area (Å²) in [4.78, 5) is 33.3. The largest absolute Gasteiger partial charge is 0.488 e. The third-order valence-corrected chi connectivity index (χ3v) is 4.44. The molecule has 0 N–H and O–H groups in total. The molecule has 0 aliphatic carbocycles. The quantitative estimate of drug-likeness (QED) is 0.164. The molecule has 0 radical (unpaired) electrons. The van der Waals surface area contributed by atoms with Gasteiger partial charge >= 0.3 is 0 Å². The molecule has 0 amide bonds. The standard InChI is InChI=1S/C23H15N3O6/c24-14-19(23(27)18-5-3-6-21(13-18)26(30)31)12-17-4-1-2-7-22(17)32-15-16-8-10-20(11-9-16)25(28)29/h1-13H,15H2/b19-12+. The molecule has 32 heavy (non-hydrogen) atoms. The van der Waals surface area contributed by atoms with E-state index in [0.29, 0.717) is 16.9 Å². The molecule has 0 unspecified atom stereocenters. The number of Topliss-reactive ketones (excluding diaryl/α,β-unsaturated/α-hetero) is 1. The Morgan fingerprint density at radius 1 is 0.938 bits per heavy atom. The summed E-state index contributed by atoms with van der Waals surface area (Å²) in [5.41, 5.74) is 0.691. The number of rotatable bonds is 8. The Morgan fingerprint density at radius 2 is 1.62 bits per heavy atom. The van der Waals surface area contributed by atoms with Crippen molar-refractivity contribution in [3.05, 3.63) is 115 Å². The first-order chi connectivity index (χ1) is 15.4. The zero-order valence-electron chi connectivity index (χ0n) is 16.5. The fourth-order valence-corrected chi connectivity index (χ4v) is 2.83. The number of non-ortho nitro benzene ring substituents is 2. The molecule has 0 atom stereocenters. The fraction of sp³-hybridized carbons (Fsp3) is 0.0435. The number of nitrogens with zero attached hydrogens (tertiary/aromatic N) is 3. The lowest BCUT2D eigenvalue weighted by Gasteiger charge is -2.10. The van der Waals surface area contributed by atoms with Crippen LogP contribution in [0.3, 0.4) is 0 Å². The van der Waals surface area contributed by atoms with Crippen LogP contribution in [0.5, 0.6) is 5.75 Å². The minimum atomic E-state index is -0.652. The number of nitro groups is 2. The van der Waals surface area contributed by atoms with E-state index in [9.17, 15) is 30.3 Å². The normalized spacial score (nSPS) is 10.8. The van der Waals surface area contributed by atoms with Crippen molar-refractivity contribution in [1.82, 2.24) is 0 Å². The highest BCUT2D eigenvalue weighted by Crippen LogP contribution is 2.24. The minimum Gasteiger partial charge on any atom is -0.488 e. The van der Waals surface area contributed by atoms with Crippen molar-refractivity contribution in [2.24, 2.45) is 0 Å². The number of carbonyl (C=O) groups is 1. The van der Waals surface area contributed by atoms with Crippen molar-refractivity contribution in [3.63, 3.8) is 0 Å². The molecule has 0 spiro atoms. The molecule has 3 aromatic carbocycles. The van der Waals surface area contributed by atoms with Gasteiger partial charge in [0, 0.05) is 35.4 Å². The van der Waals surface area contributed by atoms with Crippen LogP contribution in [-0.4, -0.2) is 15.6 Å². The summed E-state index contributed by atoms with van der Waals surface area (Å²) in [5.74, 6) is -0.258. The number of hydrogen-bond donors (Lipinski definition) is 0. The lowest BCUT2D eigenvalue weighted by molar-refractivity contribution is -0.385. The Bertz CT molecular complexity index is 1260. The molecule has 0 saturated heterocycles. The van der Waals surface area contributed by atoms with Crippen LogP contribution >= 0.6 is 0 Å². The Labute approximate surface area is 182 Å². The highest BCUT2D eigenvalue weighted by Gasteiger charge is 2.16. The highest BCUT2D eigenvalue weighted by molar-refractivity contribution is 6.14. The van der Waals surface area contributed by atoms with Gasteiger partial charge in [0.15, 0.2) is 0 Å². The monoisotopic (exact) mass is 429 g/mol. The summed E-state index contributed by atoms with van der Waals surface area (Å²) >= 11 is 0. The molecule has 0 fully saturated rings. The smallest absolute Gasteiger partial charge is 0.270 e. The zero-order chi connectivity index (χ0) is 23.1. The van der Waals surface area contributed by atoms with Gasteiger partial charge in [-0.1, -0.05) is 30.3 Å². The van der Waals surface area contributed by atoms with E-state index in [1.165, 1.54) is 36.4 Å². The van der Waals surface area contributed by atoms with E-state index in [0.717, 1.165) is 6.07 Å². The summed E-state index contributed by atoms with van der Waals surface area (Å²) in [6, 6.07) is 19.6. The number of ether oxygens (including phenoxy) is 1. The molecule has 9 heteroatoms. The predicted octanol–water partition coefficient (Wildman–Crippen LogP) is 4.87. The zero-order valence-corrected chi connectivity index (χ0v) is 16.5. The molecule has 0 aliphatic heterocycles. The van der Waals surface area contributed by atoms with E-state index in [1.807, 2.05) is 6.07 Å². The van der Waals surface area contributed by atoms with Crippen LogP contribution in [0.25, 0.3) is 6.08 Å². The topological polar surface area (TPSA) is 136 Å².